The number of imidazole rings is 1. The molecule has 0 spiro atoms. The van der Waals surface area contributed by atoms with Crippen LogP contribution in [0.5, 0.6) is 0 Å². The first-order valence-corrected chi connectivity index (χ1v) is 10.5. The lowest BCUT2D eigenvalue weighted by Crippen LogP contribution is -2.40. The number of hydrogen-bond donors (Lipinski definition) is 0. The van der Waals surface area contributed by atoms with Crippen molar-refractivity contribution < 1.29 is 4.74 Å². The van der Waals surface area contributed by atoms with Gasteiger partial charge in [-0.3, -0.25) is 9.36 Å². The lowest BCUT2D eigenvalue weighted by atomic mass is 10.00. The van der Waals surface area contributed by atoms with Crippen molar-refractivity contribution in [2.45, 2.75) is 38.1 Å². The molecular weight excluding hydrogens is 380 g/mol. The molecule has 0 unspecified atom stereocenters. The number of rotatable bonds is 4. The van der Waals surface area contributed by atoms with E-state index < -0.39 is 0 Å². The summed E-state index contributed by atoms with van der Waals surface area (Å²) in [5.41, 5.74) is 2.36. The van der Waals surface area contributed by atoms with Crippen molar-refractivity contribution in [1.29, 1.82) is 5.26 Å². The van der Waals surface area contributed by atoms with E-state index in [1.54, 1.807) is 15.3 Å². The smallest absolute Gasteiger partial charge is 0.280 e. The number of nitriles is 1. The zero-order valence-electron chi connectivity index (χ0n) is 16.8. The van der Waals surface area contributed by atoms with Crippen LogP contribution in [0.4, 0.5) is 5.95 Å². The third-order valence-corrected chi connectivity index (χ3v) is 6.09. The average Bonchev–Trinajstić information content (AvgIpc) is 3.23. The van der Waals surface area contributed by atoms with Gasteiger partial charge in [0.25, 0.3) is 5.56 Å². The fraction of sp³-hybridized carbons (Fsp3) is 0.455. The average molecular weight is 404 g/mol. The number of ether oxygens (including phenoxy) is 1. The van der Waals surface area contributed by atoms with Crippen molar-refractivity contribution in [3.63, 3.8) is 0 Å². The van der Waals surface area contributed by atoms with E-state index in [1.807, 2.05) is 24.3 Å². The molecule has 0 atom stereocenters. The summed E-state index contributed by atoms with van der Waals surface area (Å²) < 4.78 is 9.03. The van der Waals surface area contributed by atoms with Gasteiger partial charge in [-0.1, -0.05) is 12.1 Å². The molecule has 4 heterocycles. The lowest BCUT2D eigenvalue weighted by Gasteiger charge is -2.31. The van der Waals surface area contributed by atoms with E-state index in [4.69, 9.17) is 15.1 Å². The molecule has 0 N–H and O–H groups in total. The molecule has 0 amide bonds. The van der Waals surface area contributed by atoms with E-state index in [0.29, 0.717) is 17.6 Å². The maximum atomic E-state index is 13.1. The van der Waals surface area contributed by atoms with Crippen molar-refractivity contribution >= 4 is 11.5 Å². The predicted octanol–water partition coefficient (Wildman–Crippen LogP) is 2.11. The number of hydrogen-bond acceptors (Lipinski definition) is 6. The summed E-state index contributed by atoms with van der Waals surface area (Å²) in [6.45, 7) is 3.77. The molecule has 1 saturated heterocycles. The lowest BCUT2D eigenvalue weighted by molar-refractivity contribution is 0.0832. The number of anilines is 1. The number of fused-ring (bicyclic) bond motifs is 2. The Morgan fingerprint density at radius 3 is 2.73 bits per heavy atom. The van der Waals surface area contributed by atoms with E-state index in [0.717, 1.165) is 63.8 Å². The highest BCUT2D eigenvalue weighted by atomic mass is 16.5. The van der Waals surface area contributed by atoms with Crippen molar-refractivity contribution in [3.05, 3.63) is 57.8 Å². The van der Waals surface area contributed by atoms with Gasteiger partial charge in [0, 0.05) is 38.8 Å². The molecular formula is C22H24N6O2. The van der Waals surface area contributed by atoms with Gasteiger partial charge >= 0.3 is 0 Å². The van der Waals surface area contributed by atoms with Crippen LogP contribution in [0.15, 0.2) is 35.3 Å². The molecule has 30 heavy (non-hydrogen) atoms. The SMILES string of the molecule is N#Cc1ccc(CCN2CCCn3c2nn2c(C4CCOCC4)ncc2c3=O)cc1. The van der Waals surface area contributed by atoms with Gasteiger partial charge in [-0.15, -0.1) is 5.10 Å². The third-order valence-electron chi connectivity index (χ3n) is 6.09. The molecule has 5 rings (SSSR count). The Kier molecular flexibility index (Phi) is 4.97. The highest BCUT2D eigenvalue weighted by Gasteiger charge is 2.26. The normalized spacial score (nSPS) is 17.1. The monoisotopic (exact) mass is 404 g/mol. The Hall–Kier alpha value is -3.18. The minimum absolute atomic E-state index is 0.0196. The molecule has 0 radical (unpaired) electrons. The zero-order valence-corrected chi connectivity index (χ0v) is 16.8. The van der Waals surface area contributed by atoms with Gasteiger partial charge in [0.05, 0.1) is 17.8 Å². The van der Waals surface area contributed by atoms with Crippen molar-refractivity contribution in [3.8, 4) is 6.07 Å². The predicted molar refractivity (Wildman–Crippen MR) is 112 cm³/mol. The Morgan fingerprint density at radius 1 is 1.17 bits per heavy atom. The maximum absolute atomic E-state index is 13.1. The van der Waals surface area contributed by atoms with Gasteiger partial charge in [-0.05, 0) is 43.4 Å². The van der Waals surface area contributed by atoms with Gasteiger partial charge in [0.15, 0.2) is 5.52 Å². The number of benzene rings is 1. The Labute approximate surface area is 174 Å². The second-order valence-electron chi connectivity index (χ2n) is 7.96. The highest BCUT2D eigenvalue weighted by Crippen LogP contribution is 2.26. The second kappa shape index (κ2) is 7.92. The van der Waals surface area contributed by atoms with Crippen molar-refractivity contribution in [2.75, 3.05) is 31.2 Å². The second-order valence-corrected chi connectivity index (χ2v) is 7.96. The van der Waals surface area contributed by atoms with Crippen LogP contribution in [0.2, 0.25) is 0 Å². The third kappa shape index (κ3) is 3.35. The van der Waals surface area contributed by atoms with Gasteiger partial charge in [0.2, 0.25) is 5.95 Å². The van der Waals surface area contributed by atoms with Crippen LogP contribution in [0.25, 0.3) is 5.52 Å². The molecule has 0 saturated carbocycles. The summed E-state index contributed by atoms with van der Waals surface area (Å²) in [5, 5.41) is 13.9. The fourth-order valence-corrected chi connectivity index (χ4v) is 4.39. The van der Waals surface area contributed by atoms with E-state index in [1.165, 1.54) is 5.56 Å². The topological polar surface area (TPSA) is 88.5 Å². The van der Waals surface area contributed by atoms with Crippen LogP contribution >= 0.6 is 0 Å². The van der Waals surface area contributed by atoms with E-state index in [2.05, 4.69) is 16.0 Å². The molecule has 2 aromatic heterocycles. The molecule has 1 aromatic carbocycles. The number of aromatic nitrogens is 4. The van der Waals surface area contributed by atoms with Crippen LogP contribution in [-0.2, 0) is 17.7 Å². The maximum Gasteiger partial charge on any atom is 0.280 e. The summed E-state index contributed by atoms with van der Waals surface area (Å²) >= 11 is 0. The molecule has 3 aromatic rings. The molecule has 0 bridgehead atoms. The van der Waals surface area contributed by atoms with Crippen LogP contribution < -0.4 is 10.5 Å². The van der Waals surface area contributed by atoms with Crippen LogP contribution in [0, 0.1) is 11.3 Å². The minimum Gasteiger partial charge on any atom is -0.381 e. The van der Waals surface area contributed by atoms with Crippen LogP contribution in [-0.4, -0.2) is 45.5 Å². The largest absolute Gasteiger partial charge is 0.381 e. The Morgan fingerprint density at radius 2 is 1.97 bits per heavy atom. The highest BCUT2D eigenvalue weighted by molar-refractivity contribution is 5.47. The standard InChI is InChI=1S/C22H24N6O2/c23-14-17-4-2-16(3-5-17)6-11-26-9-1-10-27-21(29)19-15-24-20(28(19)25-22(26)27)18-7-12-30-13-8-18/h2-5,15,18H,1,6-13H2. The minimum atomic E-state index is -0.0196. The molecule has 0 aliphatic carbocycles. The molecule has 2 aliphatic heterocycles. The van der Waals surface area contributed by atoms with E-state index in [9.17, 15) is 4.79 Å². The quantitative estimate of drug-likeness (QED) is 0.662. The summed E-state index contributed by atoms with van der Waals surface area (Å²) in [6, 6.07) is 9.82. The molecule has 8 heteroatoms. The fourth-order valence-electron chi connectivity index (χ4n) is 4.39. The Balaban J connectivity index is 1.46. The Bertz CT molecular complexity index is 1150. The molecule has 8 nitrogen and oxygen atoms in total. The summed E-state index contributed by atoms with van der Waals surface area (Å²) in [6.07, 6.45) is 5.22. The van der Waals surface area contributed by atoms with Crippen LogP contribution in [0.1, 0.15) is 42.1 Å². The first-order chi connectivity index (χ1) is 14.7. The van der Waals surface area contributed by atoms with Gasteiger partial charge < -0.3 is 9.64 Å². The van der Waals surface area contributed by atoms with Crippen molar-refractivity contribution in [1.82, 2.24) is 19.2 Å². The van der Waals surface area contributed by atoms with Crippen molar-refractivity contribution in [2.24, 2.45) is 0 Å². The van der Waals surface area contributed by atoms with E-state index >= 15 is 0 Å². The number of nitrogens with zero attached hydrogens (tertiary/aromatic N) is 6. The summed E-state index contributed by atoms with van der Waals surface area (Å²) in [7, 11) is 0. The molecule has 154 valence electrons. The van der Waals surface area contributed by atoms with Gasteiger partial charge in [0.1, 0.15) is 5.82 Å². The summed E-state index contributed by atoms with van der Waals surface area (Å²) in [5.74, 6) is 1.86. The van der Waals surface area contributed by atoms with Gasteiger partial charge in [-0.2, -0.15) is 5.26 Å². The first kappa shape index (κ1) is 18.8. The van der Waals surface area contributed by atoms with Gasteiger partial charge in [-0.25, -0.2) is 9.50 Å². The van der Waals surface area contributed by atoms with E-state index in [-0.39, 0.29) is 11.5 Å². The molecule has 1 fully saturated rings. The zero-order chi connectivity index (χ0) is 20.5. The summed E-state index contributed by atoms with van der Waals surface area (Å²) in [4.78, 5) is 19.9. The first-order valence-electron chi connectivity index (χ1n) is 10.5. The van der Waals surface area contributed by atoms with Crippen LogP contribution in [0.3, 0.4) is 0 Å². The molecule has 2 aliphatic rings.